The van der Waals surface area contributed by atoms with Crippen molar-refractivity contribution in [2.24, 2.45) is 0 Å². The Balaban J connectivity index is 1.44. The Bertz CT molecular complexity index is 1950. The van der Waals surface area contributed by atoms with Crippen molar-refractivity contribution >= 4 is 51.3 Å². The van der Waals surface area contributed by atoms with Gasteiger partial charge in [-0.1, -0.05) is 78.4 Å². The zero-order chi connectivity index (χ0) is 32.4. The predicted octanol–water partition coefficient (Wildman–Crippen LogP) is 6.91. The molecule has 1 unspecified atom stereocenters. The number of carbonyl (C=O) groups is 2. The minimum atomic E-state index is -1.02. The minimum Gasteiger partial charge on any atom is -0.505 e. The summed E-state index contributed by atoms with van der Waals surface area (Å²) in [5.41, 5.74) is 4.21. The average molecular weight is 656 g/mol. The smallest absolute Gasteiger partial charge is 0.301 e. The predicted molar refractivity (Wildman–Crippen MR) is 179 cm³/mol. The Morgan fingerprint density at radius 2 is 1.85 bits per heavy atom. The molecule has 1 saturated heterocycles. The molecule has 0 spiro atoms. The second-order valence-electron chi connectivity index (χ2n) is 10.9. The molecule has 4 heterocycles. The van der Waals surface area contributed by atoms with Crippen LogP contribution in [-0.2, 0) is 15.3 Å². The van der Waals surface area contributed by atoms with Crippen LogP contribution in [0.15, 0.2) is 76.8 Å². The number of Topliss-reactive ketones (excluding diaryl/α,β-unsaturated/α-hetero) is 1. The third-order valence-corrected chi connectivity index (χ3v) is 9.84. The first kappa shape index (κ1) is 31.3. The highest BCUT2D eigenvalue weighted by molar-refractivity contribution is 8.00. The zero-order valence-electron chi connectivity index (χ0n) is 25.9. The molecule has 1 atom stereocenters. The van der Waals surface area contributed by atoms with Gasteiger partial charge in [-0.05, 0) is 55.7 Å². The lowest BCUT2D eigenvalue weighted by molar-refractivity contribution is -0.132. The Kier molecular flexibility index (Phi) is 9.09. The summed E-state index contributed by atoms with van der Waals surface area (Å²) in [6, 6.07) is 17.9. The number of unbranched alkanes of at least 4 members (excludes halogenated alkanes) is 1. The van der Waals surface area contributed by atoms with Gasteiger partial charge in [-0.15, -0.1) is 10.2 Å². The summed E-state index contributed by atoms with van der Waals surface area (Å²) >= 11 is 2.71. The number of benzene rings is 2. The molecule has 0 aliphatic carbocycles. The van der Waals surface area contributed by atoms with Crippen molar-refractivity contribution in [2.45, 2.75) is 49.7 Å². The number of rotatable bonds is 11. The van der Waals surface area contributed by atoms with Crippen LogP contribution in [0.3, 0.4) is 0 Å². The Hall–Kier alpha value is -4.68. The number of aryl methyl sites for hydroxylation is 2. The number of aliphatic hydroxyl groups excluding tert-OH is 1. The highest BCUT2D eigenvalue weighted by Crippen LogP contribution is 2.46. The topological polar surface area (TPSA) is 119 Å². The number of imidazole rings is 1. The van der Waals surface area contributed by atoms with Crippen LogP contribution in [0.5, 0.6) is 11.5 Å². The third-order valence-electron chi connectivity index (χ3n) is 7.72. The van der Waals surface area contributed by atoms with Crippen LogP contribution in [0.2, 0.25) is 0 Å². The number of nitrogens with zero attached hydrogens (tertiary/aromatic N) is 5. The number of hydrogen-bond acceptors (Lipinski definition) is 10. The van der Waals surface area contributed by atoms with E-state index in [0.717, 1.165) is 18.4 Å². The molecule has 236 valence electrons. The van der Waals surface area contributed by atoms with Gasteiger partial charge in [0.1, 0.15) is 11.3 Å². The van der Waals surface area contributed by atoms with Crippen LogP contribution in [0.1, 0.15) is 53.9 Å². The highest BCUT2D eigenvalue weighted by Gasteiger charge is 2.49. The van der Waals surface area contributed by atoms with Crippen molar-refractivity contribution in [3.05, 3.63) is 101 Å². The van der Waals surface area contributed by atoms with E-state index in [1.807, 2.05) is 13.0 Å². The van der Waals surface area contributed by atoms with Crippen molar-refractivity contribution in [1.29, 1.82) is 0 Å². The summed E-state index contributed by atoms with van der Waals surface area (Å²) in [5.74, 6) is -0.327. The van der Waals surface area contributed by atoms with Gasteiger partial charge in [-0.25, -0.2) is 4.98 Å². The molecule has 1 N–H and O–H groups in total. The fourth-order valence-electron chi connectivity index (χ4n) is 5.36. The van der Waals surface area contributed by atoms with Gasteiger partial charge >= 0.3 is 5.91 Å². The van der Waals surface area contributed by atoms with Crippen LogP contribution >= 0.6 is 23.1 Å². The molecule has 5 aromatic rings. The van der Waals surface area contributed by atoms with Crippen molar-refractivity contribution in [2.75, 3.05) is 18.6 Å². The fourth-order valence-corrected chi connectivity index (χ4v) is 7.18. The van der Waals surface area contributed by atoms with Crippen molar-refractivity contribution in [3.63, 3.8) is 0 Å². The number of amides is 1. The van der Waals surface area contributed by atoms with Crippen LogP contribution in [0.4, 0.5) is 5.13 Å². The quantitative estimate of drug-likeness (QED) is 0.0404. The van der Waals surface area contributed by atoms with Gasteiger partial charge in [0.25, 0.3) is 5.78 Å². The average Bonchev–Trinajstić information content (AvgIpc) is 3.74. The first-order valence-electron chi connectivity index (χ1n) is 14.9. The number of aliphatic hydroxyl groups is 1. The largest absolute Gasteiger partial charge is 0.505 e. The molecular weight excluding hydrogens is 623 g/mol. The summed E-state index contributed by atoms with van der Waals surface area (Å²) in [7, 11) is 1.53. The first-order valence-corrected chi connectivity index (χ1v) is 16.7. The van der Waals surface area contributed by atoms with E-state index in [1.165, 1.54) is 40.7 Å². The molecule has 1 fully saturated rings. The second kappa shape index (κ2) is 13.4. The third kappa shape index (κ3) is 5.97. The number of hydrogen-bond donors (Lipinski definition) is 1. The number of thioether (sulfide) groups is 1. The number of anilines is 1. The summed E-state index contributed by atoms with van der Waals surface area (Å²) in [4.78, 5) is 33.5. The van der Waals surface area contributed by atoms with Gasteiger partial charge in [-0.2, -0.15) is 0 Å². The van der Waals surface area contributed by atoms with Gasteiger partial charge in [0.2, 0.25) is 5.13 Å². The van der Waals surface area contributed by atoms with E-state index < -0.39 is 17.7 Å². The fraction of sp³-hybridized carbons (Fsp3) is 0.265. The van der Waals surface area contributed by atoms with Crippen LogP contribution in [0, 0.1) is 13.8 Å². The van der Waals surface area contributed by atoms with E-state index >= 15 is 0 Å². The lowest BCUT2D eigenvalue weighted by Crippen LogP contribution is -2.29. The molecule has 1 aliphatic heterocycles. The lowest BCUT2D eigenvalue weighted by Gasteiger charge is -2.23. The van der Waals surface area contributed by atoms with Crippen molar-refractivity contribution in [1.82, 2.24) is 19.6 Å². The molecule has 2 aromatic carbocycles. The van der Waals surface area contributed by atoms with Gasteiger partial charge in [0, 0.05) is 11.9 Å². The number of ketones is 1. The van der Waals surface area contributed by atoms with E-state index in [1.54, 1.807) is 47.9 Å². The first-order chi connectivity index (χ1) is 22.3. The SMILES string of the molecule is CCCCOc1ccc(C2C(=C(O)c3c(C)nc4ccccn34)C(=O)C(=O)N2c2nnc(SCc3ccc(C)cc3)s2)cc1OC. The zero-order valence-corrected chi connectivity index (χ0v) is 27.5. The highest BCUT2D eigenvalue weighted by atomic mass is 32.2. The number of fused-ring (bicyclic) bond motifs is 1. The van der Waals surface area contributed by atoms with Gasteiger partial charge in [0.15, 0.2) is 21.6 Å². The van der Waals surface area contributed by atoms with Gasteiger partial charge in [0.05, 0.1) is 31.0 Å². The molecule has 3 aromatic heterocycles. The molecular formula is C34H33N5O5S2. The molecule has 46 heavy (non-hydrogen) atoms. The monoisotopic (exact) mass is 655 g/mol. The Labute approximate surface area is 274 Å². The van der Waals surface area contributed by atoms with Crippen LogP contribution in [0.25, 0.3) is 11.4 Å². The number of ether oxygens (including phenoxy) is 2. The summed E-state index contributed by atoms with van der Waals surface area (Å²) < 4.78 is 14.0. The van der Waals surface area contributed by atoms with E-state index in [4.69, 9.17) is 9.47 Å². The molecule has 0 bridgehead atoms. The molecule has 6 rings (SSSR count). The van der Waals surface area contributed by atoms with E-state index in [0.29, 0.717) is 50.8 Å². The number of aromatic nitrogens is 4. The second-order valence-corrected chi connectivity index (χ2v) is 13.1. The molecule has 0 saturated carbocycles. The van der Waals surface area contributed by atoms with Crippen molar-refractivity contribution in [3.8, 4) is 11.5 Å². The van der Waals surface area contributed by atoms with Gasteiger partial charge < -0.3 is 14.6 Å². The van der Waals surface area contributed by atoms with E-state index in [-0.39, 0.29) is 16.5 Å². The minimum absolute atomic E-state index is 0.0792. The van der Waals surface area contributed by atoms with Crippen LogP contribution < -0.4 is 14.4 Å². The molecule has 0 radical (unpaired) electrons. The van der Waals surface area contributed by atoms with Crippen molar-refractivity contribution < 1.29 is 24.2 Å². The molecule has 12 heteroatoms. The maximum atomic E-state index is 13.9. The number of methoxy groups -OCH3 is 1. The summed E-state index contributed by atoms with van der Waals surface area (Å²) in [6.45, 7) is 6.39. The molecule has 10 nitrogen and oxygen atoms in total. The Morgan fingerprint density at radius 3 is 2.61 bits per heavy atom. The normalized spacial score (nSPS) is 16.0. The Morgan fingerprint density at radius 1 is 1.04 bits per heavy atom. The van der Waals surface area contributed by atoms with E-state index in [2.05, 4.69) is 46.4 Å². The van der Waals surface area contributed by atoms with E-state index in [9.17, 15) is 14.7 Å². The maximum Gasteiger partial charge on any atom is 0.301 e. The number of pyridine rings is 1. The molecule has 1 amide bonds. The summed E-state index contributed by atoms with van der Waals surface area (Å²) in [5, 5.41) is 20.8. The maximum absolute atomic E-state index is 13.9. The van der Waals surface area contributed by atoms with Gasteiger partial charge in [-0.3, -0.25) is 18.9 Å². The summed E-state index contributed by atoms with van der Waals surface area (Å²) in [6.07, 6.45) is 3.61. The van der Waals surface area contributed by atoms with Crippen LogP contribution in [-0.4, -0.2) is 50.1 Å². The molecule has 1 aliphatic rings. The lowest BCUT2D eigenvalue weighted by atomic mass is 9.96. The number of carbonyl (C=O) groups excluding carboxylic acids is 2. The standard InChI is InChI=1S/C34H33N5O5S2/c1-5-6-17-44-24-15-14-23(18-25(24)43-4)29-27(30(40)28-21(3)35-26-9-7-8-16-38(26)28)31(41)32(42)39(29)33-36-37-34(46-33)45-19-22-12-10-20(2)11-13-22/h7-16,18,29,40H,5-6,17,19H2,1-4H3.